The van der Waals surface area contributed by atoms with Crippen molar-refractivity contribution in [3.8, 4) is 6.07 Å². The van der Waals surface area contributed by atoms with Crippen LogP contribution in [0.15, 0.2) is 22.7 Å². The van der Waals surface area contributed by atoms with Gasteiger partial charge in [-0.05, 0) is 42.4 Å². The fraction of sp³-hybridized carbons (Fsp3) is 0.438. The molecule has 1 heterocycles. The maximum absolute atomic E-state index is 9.59. The topological polar surface area (TPSA) is 49.0 Å². The van der Waals surface area contributed by atoms with E-state index in [9.17, 15) is 10.4 Å². The minimum atomic E-state index is 0.136. The van der Waals surface area contributed by atoms with Crippen LogP contribution < -0.4 is 0 Å². The lowest BCUT2D eigenvalue weighted by Gasteiger charge is -2.12. The lowest BCUT2D eigenvalue weighted by molar-refractivity contribution is 0.224. The highest BCUT2D eigenvalue weighted by Gasteiger charge is 2.31. The second-order valence-electron chi connectivity index (χ2n) is 5.71. The van der Waals surface area contributed by atoms with Gasteiger partial charge in [0.05, 0.1) is 5.52 Å². The van der Waals surface area contributed by atoms with Gasteiger partial charge >= 0.3 is 0 Å². The average Bonchev–Trinajstić information content (AvgIpc) is 3.23. The Balaban J connectivity index is 2.24. The first-order chi connectivity index (χ1) is 9.65. The number of fused-ring (bicyclic) bond motifs is 1. The van der Waals surface area contributed by atoms with Crippen LogP contribution in [0.25, 0.3) is 10.9 Å². The summed E-state index contributed by atoms with van der Waals surface area (Å²) >= 11 is 3.51. The number of aliphatic hydroxyl groups excluding tert-OH is 1. The molecule has 1 atom stereocenters. The van der Waals surface area contributed by atoms with E-state index in [0.29, 0.717) is 12.5 Å². The van der Waals surface area contributed by atoms with E-state index >= 15 is 0 Å². The number of aromatic nitrogens is 1. The zero-order chi connectivity index (χ0) is 14.3. The van der Waals surface area contributed by atoms with E-state index in [1.807, 2.05) is 13.0 Å². The molecule has 0 amide bonds. The SMILES string of the molecule is CC(CO)Cn1c(C#N)c(C2CC2)c2ccc(Br)cc21. The first-order valence-electron chi connectivity index (χ1n) is 6.98. The summed E-state index contributed by atoms with van der Waals surface area (Å²) < 4.78 is 3.10. The minimum Gasteiger partial charge on any atom is -0.396 e. The van der Waals surface area contributed by atoms with Gasteiger partial charge in [0.1, 0.15) is 11.8 Å². The minimum absolute atomic E-state index is 0.136. The largest absolute Gasteiger partial charge is 0.396 e. The van der Waals surface area contributed by atoms with Crippen molar-refractivity contribution in [2.24, 2.45) is 5.92 Å². The number of nitrogens with zero attached hydrogens (tertiary/aromatic N) is 2. The predicted molar refractivity (Wildman–Crippen MR) is 82.6 cm³/mol. The molecule has 1 aliphatic carbocycles. The molecule has 0 saturated heterocycles. The molecule has 1 N–H and O–H groups in total. The molecule has 1 aromatic carbocycles. The van der Waals surface area contributed by atoms with Crippen LogP contribution >= 0.6 is 15.9 Å². The zero-order valence-electron chi connectivity index (χ0n) is 11.4. The maximum atomic E-state index is 9.59. The zero-order valence-corrected chi connectivity index (χ0v) is 13.0. The van der Waals surface area contributed by atoms with E-state index in [1.165, 1.54) is 23.8 Å². The van der Waals surface area contributed by atoms with Gasteiger partial charge in [-0.25, -0.2) is 0 Å². The quantitative estimate of drug-likeness (QED) is 0.926. The molecule has 1 aromatic heterocycles. The molecular weight excluding hydrogens is 316 g/mol. The molecule has 1 fully saturated rings. The second-order valence-corrected chi connectivity index (χ2v) is 6.62. The Morgan fingerprint density at radius 3 is 2.85 bits per heavy atom. The van der Waals surface area contributed by atoms with Gasteiger partial charge in [-0.2, -0.15) is 5.26 Å². The van der Waals surface area contributed by atoms with Crippen molar-refractivity contribution in [2.75, 3.05) is 6.61 Å². The summed E-state index contributed by atoms with van der Waals surface area (Å²) in [6, 6.07) is 8.61. The number of nitriles is 1. The molecule has 20 heavy (non-hydrogen) atoms. The molecular formula is C16H17BrN2O. The van der Waals surface area contributed by atoms with Crippen molar-refractivity contribution in [1.82, 2.24) is 4.57 Å². The molecule has 0 radical (unpaired) electrons. The van der Waals surface area contributed by atoms with E-state index in [4.69, 9.17) is 0 Å². The lowest BCUT2D eigenvalue weighted by Crippen LogP contribution is -2.12. The Morgan fingerprint density at radius 2 is 2.25 bits per heavy atom. The van der Waals surface area contributed by atoms with E-state index in [0.717, 1.165) is 15.7 Å². The molecule has 3 nitrogen and oxygen atoms in total. The van der Waals surface area contributed by atoms with Crippen LogP contribution in [0.5, 0.6) is 0 Å². The molecule has 1 unspecified atom stereocenters. The fourth-order valence-corrected chi connectivity index (χ4v) is 3.16. The number of rotatable bonds is 4. The van der Waals surface area contributed by atoms with Crippen molar-refractivity contribution in [3.63, 3.8) is 0 Å². The van der Waals surface area contributed by atoms with Crippen molar-refractivity contribution in [2.45, 2.75) is 32.2 Å². The van der Waals surface area contributed by atoms with Gasteiger partial charge in [-0.3, -0.25) is 0 Å². The summed E-state index contributed by atoms with van der Waals surface area (Å²) in [4.78, 5) is 0. The van der Waals surface area contributed by atoms with Crippen molar-refractivity contribution in [1.29, 1.82) is 5.26 Å². The van der Waals surface area contributed by atoms with Crippen LogP contribution in [0, 0.1) is 17.2 Å². The molecule has 2 aromatic rings. The Morgan fingerprint density at radius 1 is 1.50 bits per heavy atom. The third-order valence-electron chi connectivity index (χ3n) is 3.96. The van der Waals surface area contributed by atoms with Crippen LogP contribution in [0.2, 0.25) is 0 Å². The maximum Gasteiger partial charge on any atom is 0.124 e. The lowest BCUT2D eigenvalue weighted by atomic mass is 10.1. The van der Waals surface area contributed by atoms with Crippen LogP contribution in [0.4, 0.5) is 0 Å². The van der Waals surface area contributed by atoms with Gasteiger partial charge in [-0.1, -0.05) is 28.9 Å². The fourth-order valence-electron chi connectivity index (χ4n) is 2.81. The van der Waals surface area contributed by atoms with Crippen molar-refractivity contribution in [3.05, 3.63) is 33.9 Å². The van der Waals surface area contributed by atoms with Gasteiger partial charge in [0.2, 0.25) is 0 Å². The second kappa shape index (κ2) is 5.23. The van der Waals surface area contributed by atoms with Crippen molar-refractivity contribution >= 4 is 26.8 Å². The smallest absolute Gasteiger partial charge is 0.124 e. The van der Waals surface area contributed by atoms with Gasteiger partial charge in [0, 0.05) is 23.0 Å². The number of halogens is 1. The molecule has 4 heteroatoms. The number of benzene rings is 1. The molecule has 0 spiro atoms. The summed E-state index contributed by atoms with van der Waals surface area (Å²) in [6.07, 6.45) is 2.36. The molecule has 1 aliphatic rings. The van der Waals surface area contributed by atoms with Crippen LogP contribution in [0.3, 0.4) is 0 Å². The van der Waals surface area contributed by atoms with Gasteiger partial charge in [0.25, 0.3) is 0 Å². The van der Waals surface area contributed by atoms with Crippen molar-refractivity contribution < 1.29 is 5.11 Å². The molecule has 104 valence electrons. The molecule has 3 rings (SSSR count). The third kappa shape index (κ3) is 2.25. The summed E-state index contributed by atoms with van der Waals surface area (Å²) in [7, 11) is 0. The predicted octanol–water partition coefficient (Wildman–Crippen LogP) is 3.78. The van der Waals surface area contributed by atoms with Gasteiger partial charge < -0.3 is 9.67 Å². The molecule has 1 saturated carbocycles. The van der Waals surface area contributed by atoms with Crippen LogP contribution in [-0.4, -0.2) is 16.3 Å². The third-order valence-corrected chi connectivity index (χ3v) is 4.46. The Bertz CT molecular complexity index is 695. The monoisotopic (exact) mass is 332 g/mol. The van der Waals surface area contributed by atoms with Gasteiger partial charge in [0.15, 0.2) is 0 Å². The van der Waals surface area contributed by atoms with E-state index in [-0.39, 0.29) is 12.5 Å². The first-order valence-corrected chi connectivity index (χ1v) is 7.77. The van der Waals surface area contributed by atoms with E-state index in [1.54, 1.807) is 0 Å². The highest BCUT2D eigenvalue weighted by Crippen LogP contribution is 2.46. The number of aliphatic hydroxyl groups is 1. The summed E-state index contributed by atoms with van der Waals surface area (Å²) in [6.45, 7) is 2.82. The summed E-state index contributed by atoms with van der Waals surface area (Å²) in [5.74, 6) is 0.683. The number of hydrogen-bond donors (Lipinski definition) is 1. The summed E-state index contributed by atoms with van der Waals surface area (Å²) in [5, 5.41) is 20.1. The average molecular weight is 333 g/mol. The van der Waals surface area contributed by atoms with Gasteiger partial charge in [-0.15, -0.1) is 0 Å². The highest BCUT2D eigenvalue weighted by molar-refractivity contribution is 9.10. The Labute approximate surface area is 127 Å². The van der Waals surface area contributed by atoms with Crippen LogP contribution in [0.1, 0.15) is 36.9 Å². The Kier molecular flexibility index (Phi) is 3.57. The standard InChI is InChI=1S/C16H17BrN2O/c1-10(9-20)8-19-14-6-12(17)4-5-13(14)16(11-2-3-11)15(19)7-18/h4-6,10-11,20H,2-3,8-9H2,1H3. The van der Waals surface area contributed by atoms with E-state index in [2.05, 4.69) is 38.7 Å². The van der Waals surface area contributed by atoms with E-state index < -0.39 is 0 Å². The molecule has 0 aliphatic heterocycles. The number of hydrogen-bond acceptors (Lipinski definition) is 2. The Hall–Kier alpha value is -1.31. The molecule has 0 bridgehead atoms. The summed E-state index contributed by atoms with van der Waals surface area (Å²) in [5.41, 5.74) is 3.08. The van der Waals surface area contributed by atoms with Crippen LogP contribution in [-0.2, 0) is 6.54 Å². The first kappa shape index (κ1) is 13.7. The highest BCUT2D eigenvalue weighted by atomic mass is 79.9. The normalized spacial score (nSPS) is 16.3.